The van der Waals surface area contributed by atoms with Crippen molar-refractivity contribution in [2.45, 2.75) is 5.37 Å². The van der Waals surface area contributed by atoms with Gasteiger partial charge < -0.3 is 4.90 Å². The van der Waals surface area contributed by atoms with Crippen LogP contribution in [0.15, 0.2) is 66.5 Å². The summed E-state index contributed by atoms with van der Waals surface area (Å²) in [4.78, 5) is 6.46. The van der Waals surface area contributed by atoms with Crippen molar-refractivity contribution in [2.75, 3.05) is 4.90 Å². The number of benzene rings is 1. The zero-order valence-corrected chi connectivity index (χ0v) is 10.0. The number of pyridine rings is 1. The standard InChI is InChI=1S/C14H12N2S/c1-2-6-13(7-3-1)16-9-10-17-14(16)12-5-4-8-15-11-12/h1-11,14H. The van der Waals surface area contributed by atoms with Crippen molar-refractivity contribution in [2.24, 2.45) is 0 Å². The first kappa shape index (κ1) is 10.4. The van der Waals surface area contributed by atoms with Gasteiger partial charge in [0.1, 0.15) is 5.37 Å². The molecular formula is C14H12N2S. The van der Waals surface area contributed by atoms with Crippen LogP contribution >= 0.6 is 11.8 Å². The maximum atomic E-state index is 4.19. The summed E-state index contributed by atoms with van der Waals surface area (Å²) in [6.07, 6.45) is 5.86. The fraction of sp³-hybridized carbons (Fsp3) is 0.0714. The Hall–Kier alpha value is -1.74. The summed E-state index contributed by atoms with van der Waals surface area (Å²) >= 11 is 1.80. The highest BCUT2D eigenvalue weighted by atomic mass is 32.2. The smallest absolute Gasteiger partial charge is 0.110 e. The molecule has 0 amide bonds. The average Bonchev–Trinajstić information content (AvgIpc) is 2.90. The molecule has 0 fully saturated rings. The molecule has 3 heteroatoms. The molecule has 0 N–H and O–H groups in total. The van der Waals surface area contributed by atoms with Crippen LogP contribution in [0.3, 0.4) is 0 Å². The maximum Gasteiger partial charge on any atom is 0.110 e. The quantitative estimate of drug-likeness (QED) is 0.794. The van der Waals surface area contributed by atoms with Gasteiger partial charge in [-0.05, 0) is 23.6 Å². The number of para-hydroxylation sites is 1. The van der Waals surface area contributed by atoms with E-state index in [0.29, 0.717) is 5.37 Å². The van der Waals surface area contributed by atoms with Crippen LogP contribution in [0.4, 0.5) is 5.69 Å². The Morgan fingerprint density at radius 3 is 2.71 bits per heavy atom. The number of hydrogen-bond donors (Lipinski definition) is 0. The summed E-state index contributed by atoms with van der Waals surface area (Å²) < 4.78 is 0. The summed E-state index contributed by atoms with van der Waals surface area (Å²) in [7, 11) is 0. The molecule has 1 unspecified atom stereocenters. The number of rotatable bonds is 2. The first-order chi connectivity index (χ1) is 8.45. The molecule has 1 aromatic heterocycles. The highest BCUT2D eigenvalue weighted by Gasteiger charge is 2.22. The second-order valence-electron chi connectivity index (χ2n) is 3.80. The van der Waals surface area contributed by atoms with Crippen molar-refractivity contribution < 1.29 is 0 Å². The van der Waals surface area contributed by atoms with Crippen molar-refractivity contribution in [3.8, 4) is 0 Å². The van der Waals surface area contributed by atoms with Gasteiger partial charge >= 0.3 is 0 Å². The van der Waals surface area contributed by atoms with E-state index in [1.54, 1.807) is 11.8 Å². The molecule has 0 aliphatic carbocycles. The lowest BCUT2D eigenvalue weighted by Crippen LogP contribution is -2.16. The average molecular weight is 240 g/mol. The molecule has 2 aromatic rings. The minimum absolute atomic E-state index is 0.297. The molecule has 17 heavy (non-hydrogen) atoms. The molecule has 1 aliphatic rings. The van der Waals surface area contributed by atoms with E-state index in [1.807, 2.05) is 24.5 Å². The number of anilines is 1. The largest absolute Gasteiger partial charge is 0.331 e. The molecule has 1 aliphatic heterocycles. The Morgan fingerprint density at radius 2 is 1.94 bits per heavy atom. The summed E-state index contributed by atoms with van der Waals surface area (Å²) in [5.41, 5.74) is 2.44. The number of nitrogens with zero attached hydrogens (tertiary/aromatic N) is 2. The van der Waals surface area contributed by atoms with Gasteiger partial charge in [-0.15, -0.1) is 11.8 Å². The summed E-state index contributed by atoms with van der Waals surface area (Å²) in [5, 5.41) is 2.43. The number of thioether (sulfide) groups is 1. The molecule has 2 nitrogen and oxygen atoms in total. The van der Waals surface area contributed by atoms with E-state index in [9.17, 15) is 0 Å². The highest BCUT2D eigenvalue weighted by molar-refractivity contribution is 8.02. The Balaban J connectivity index is 1.93. The molecule has 3 rings (SSSR count). The van der Waals surface area contributed by atoms with E-state index < -0.39 is 0 Å². The molecule has 1 aromatic carbocycles. The first-order valence-electron chi connectivity index (χ1n) is 5.50. The van der Waals surface area contributed by atoms with E-state index in [1.165, 1.54) is 11.3 Å². The fourth-order valence-corrected chi connectivity index (χ4v) is 2.87. The van der Waals surface area contributed by atoms with Crippen LogP contribution in [0.5, 0.6) is 0 Å². The molecule has 84 valence electrons. The van der Waals surface area contributed by atoms with Crippen LogP contribution in [0.1, 0.15) is 10.9 Å². The first-order valence-corrected chi connectivity index (χ1v) is 6.45. The van der Waals surface area contributed by atoms with Crippen molar-refractivity contribution in [1.82, 2.24) is 4.98 Å². The minimum Gasteiger partial charge on any atom is -0.331 e. The third-order valence-corrected chi connectivity index (χ3v) is 3.74. The summed E-state index contributed by atoms with van der Waals surface area (Å²) in [6.45, 7) is 0. The van der Waals surface area contributed by atoms with Crippen molar-refractivity contribution in [3.63, 3.8) is 0 Å². The van der Waals surface area contributed by atoms with Gasteiger partial charge in [0.25, 0.3) is 0 Å². The number of hydrogen-bond acceptors (Lipinski definition) is 3. The second kappa shape index (κ2) is 4.63. The summed E-state index contributed by atoms with van der Waals surface area (Å²) in [5.74, 6) is 0. The van der Waals surface area contributed by atoms with Gasteiger partial charge in [0.2, 0.25) is 0 Å². The molecule has 1 atom stereocenters. The van der Waals surface area contributed by atoms with Crippen LogP contribution in [-0.2, 0) is 0 Å². The minimum atomic E-state index is 0.297. The van der Waals surface area contributed by atoms with Gasteiger partial charge in [-0.3, -0.25) is 4.98 Å². The van der Waals surface area contributed by atoms with Crippen LogP contribution in [0.2, 0.25) is 0 Å². The lowest BCUT2D eigenvalue weighted by molar-refractivity contribution is 0.948. The van der Waals surface area contributed by atoms with E-state index in [4.69, 9.17) is 0 Å². The monoisotopic (exact) mass is 240 g/mol. The van der Waals surface area contributed by atoms with Crippen molar-refractivity contribution in [1.29, 1.82) is 0 Å². The Labute approximate surface area is 105 Å². The third-order valence-electron chi connectivity index (χ3n) is 2.71. The lowest BCUT2D eigenvalue weighted by Gasteiger charge is -2.24. The zero-order valence-electron chi connectivity index (χ0n) is 9.23. The molecule has 0 radical (unpaired) electrons. The zero-order chi connectivity index (χ0) is 11.5. The topological polar surface area (TPSA) is 16.1 Å². The number of aromatic nitrogens is 1. The molecule has 0 saturated heterocycles. The Morgan fingerprint density at radius 1 is 1.06 bits per heavy atom. The molecule has 0 saturated carbocycles. The fourth-order valence-electron chi connectivity index (χ4n) is 1.90. The van der Waals surface area contributed by atoms with E-state index in [-0.39, 0.29) is 0 Å². The van der Waals surface area contributed by atoms with E-state index in [2.05, 4.69) is 51.8 Å². The van der Waals surface area contributed by atoms with Crippen molar-refractivity contribution >= 4 is 17.4 Å². The van der Waals surface area contributed by atoms with Gasteiger partial charge in [-0.2, -0.15) is 0 Å². The second-order valence-corrected chi connectivity index (χ2v) is 4.79. The van der Waals surface area contributed by atoms with Crippen LogP contribution in [0, 0.1) is 0 Å². The van der Waals surface area contributed by atoms with Crippen molar-refractivity contribution in [3.05, 3.63) is 72.0 Å². The predicted octanol–water partition coefficient (Wildman–Crippen LogP) is 3.80. The van der Waals surface area contributed by atoms with Crippen LogP contribution < -0.4 is 4.90 Å². The van der Waals surface area contributed by atoms with Gasteiger partial charge in [-0.25, -0.2) is 0 Å². The Kier molecular flexibility index (Phi) is 2.84. The maximum absolute atomic E-state index is 4.19. The molecular weight excluding hydrogens is 228 g/mol. The highest BCUT2D eigenvalue weighted by Crippen LogP contribution is 2.41. The van der Waals surface area contributed by atoms with E-state index in [0.717, 1.165) is 0 Å². The van der Waals surface area contributed by atoms with Crippen LogP contribution in [-0.4, -0.2) is 4.98 Å². The van der Waals surface area contributed by atoms with E-state index >= 15 is 0 Å². The van der Waals surface area contributed by atoms with Gasteiger partial charge in [-0.1, -0.05) is 24.3 Å². The molecule has 2 heterocycles. The van der Waals surface area contributed by atoms with Gasteiger partial charge in [0.05, 0.1) is 0 Å². The summed E-state index contributed by atoms with van der Waals surface area (Å²) in [6, 6.07) is 14.5. The lowest BCUT2D eigenvalue weighted by atomic mass is 10.2. The third kappa shape index (κ3) is 2.06. The predicted molar refractivity (Wildman–Crippen MR) is 72.6 cm³/mol. The normalized spacial score (nSPS) is 18.6. The van der Waals surface area contributed by atoms with Gasteiger partial charge in [0.15, 0.2) is 0 Å². The van der Waals surface area contributed by atoms with Gasteiger partial charge in [0, 0.05) is 29.8 Å². The Bertz CT molecular complexity index is 510. The molecule has 0 bridgehead atoms. The SMILES string of the molecule is C1=CN(c2ccccc2)C(c2cccnc2)S1. The van der Waals surface area contributed by atoms with Crippen LogP contribution in [0.25, 0.3) is 0 Å². The molecule has 0 spiro atoms.